The summed E-state index contributed by atoms with van der Waals surface area (Å²) in [6.07, 6.45) is 0. The molecule has 0 heterocycles. The van der Waals surface area contributed by atoms with Crippen LogP contribution in [-0.4, -0.2) is 22.8 Å². The van der Waals surface area contributed by atoms with Crippen molar-refractivity contribution in [1.82, 2.24) is 10.6 Å². The molecule has 124 valence electrons. The number of nitrogens with one attached hydrogen (secondary N) is 2. The molecule has 0 fully saturated rings. The summed E-state index contributed by atoms with van der Waals surface area (Å²) >= 11 is 0. The summed E-state index contributed by atoms with van der Waals surface area (Å²) in [6, 6.07) is 14.0. The van der Waals surface area contributed by atoms with Gasteiger partial charge in [0.05, 0.1) is 4.92 Å². The van der Waals surface area contributed by atoms with Crippen LogP contribution in [0.15, 0.2) is 54.6 Å². The van der Waals surface area contributed by atoms with Gasteiger partial charge in [0.2, 0.25) is 5.91 Å². The molecule has 2 rings (SSSR count). The number of rotatable bonds is 6. The first-order chi connectivity index (χ1) is 11.5. The highest BCUT2D eigenvalue weighted by Gasteiger charge is 2.17. The monoisotopic (exact) mass is 327 g/mol. The molecule has 0 spiro atoms. The predicted octanol–water partition coefficient (Wildman–Crippen LogP) is 2.03. The molecule has 2 aromatic carbocycles. The van der Waals surface area contributed by atoms with Crippen LogP contribution < -0.4 is 10.6 Å². The molecule has 0 saturated carbocycles. The van der Waals surface area contributed by atoms with Crippen molar-refractivity contribution in [3.63, 3.8) is 0 Å². The minimum atomic E-state index is -0.763. The first-order valence-electron chi connectivity index (χ1n) is 7.34. The summed E-state index contributed by atoms with van der Waals surface area (Å²) in [5.41, 5.74) is 0.902. The number of hydrogen-bond donors (Lipinski definition) is 2. The first kappa shape index (κ1) is 17.1. The van der Waals surface area contributed by atoms with E-state index in [2.05, 4.69) is 10.6 Å². The zero-order valence-corrected chi connectivity index (χ0v) is 13.1. The SMILES string of the molecule is CC(NC(=O)c1cccc([N+](=O)[O-])c1)C(=O)NCc1ccccc1. The number of nitro groups is 1. The van der Waals surface area contributed by atoms with Gasteiger partial charge in [-0.15, -0.1) is 0 Å². The number of carbonyl (C=O) groups is 2. The zero-order chi connectivity index (χ0) is 17.5. The third-order valence-electron chi connectivity index (χ3n) is 3.37. The standard InChI is InChI=1S/C17H17N3O4/c1-12(16(21)18-11-13-6-3-2-4-7-13)19-17(22)14-8-5-9-15(10-14)20(23)24/h2-10,12H,11H2,1H3,(H,18,21)(H,19,22). The van der Waals surface area contributed by atoms with Gasteiger partial charge in [0.25, 0.3) is 11.6 Å². The summed E-state index contributed by atoms with van der Waals surface area (Å²) in [5, 5.41) is 16.0. The van der Waals surface area contributed by atoms with Crippen molar-refractivity contribution in [2.45, 2.75) is 19.5 Å². The minimum Gasteiger partial charge on any atom is -0.350 e. The average Bonchev–Trinajstić information content (AvgIpc) is 2.60. The van der Waals surface area contributed by atoms with E-state index in [1.807, 2.05) is 30.3 Å². The minimum absolute atomic E-state index is 0.131. The van der Waals surface area contributed by atoms with Gasteiger partial charge in [0, 0.05) is 24.2 Å². The van der Waals surface area contributed by atoms with Crippen LogP contribution >= 0.6 is 0 Å². The third kappa shape index (κ3) is 4.64. The summed E-state index contributed by atoms with van der Waals surface area (Å²) in [7, 11) is 0. The Kier molecular flexibility index (Phi) is 5.62. The van der Waals surface area contributed by atoms with E-state index in [1.165, 1.54) is 24.3 Å². The molecule has 0 aliphatic rings. The molecular formula is C17H17N3O4. The van der Waals surface area contributed by atoms with Gasteiger partial charge in [-0.2, -0.15) is 0 Å². The summed E-state index contributed by atoms with van der Waals surface area (Å²) in [4.78, 5) is 34.3. The Labute approximate surface area is 138 Å². The molecule has 1 atom stereocenters. The van der Waals surface area contributed by atoms with Crippen molar-refractivity contribution in [1.29, 1.82) is 0 Å². The van der Waals surface area contributed by atoms with Crippen molar-refractivity contribution >= 4 is 17.5 Å². The molecule has 24 heavy (non-hydrogen) atoms. The van der Waals surface area contributed by atoms with Crippen molar-refractivity contribution < 1.29 is 14.5 Å². The molecule has 0 aliphatic carbocycles. The van der Waals surface area contributed by atoms with Gasteiger partial charge in [0.15, 0.2) is 0 Å². The molecule has 1 unspecified atom stereocenters. The van der Waals surface area contributed by atoms with E-state index in [0.29, 0.717) is 6.54 Å². The molecule has 0 saturated heterocycles. The number of nitro benzene ring substituents is 1. The lowest BCUT2D eigenvalue weighted by Gasteiger charge is -2.14. The average molecular weight is 327 g/mol. The van der Waals surface area contributed by atoms with E-state index < -0.39 is 16.9 Å². The lowest BCUT2D eigenvalue weighted by molar-refractivity contribution is -0.384. The Morgan fingerprint density at radius 3 is 2.50 bits per heavy atom. The van der Waals surface area contributed by atoms with E-state index >= 15 is 0 Å². The largest absolute Gasteiger partial charge is 0.350 e. The third-order valence-corrected chi connectivity index (χ3v) is 3.37. The van der Waals surface area contributed by atoms with Gasteiger partial charge in [-0.25, -0.2) is 0 Å². The Morgan fingerprint density at radius 2 is 1.83 bits per heavy atom. The van der Waals surface area contributed by atoms with Crippen molar-refractivity contribution in [2.24, 2.45) is 0 Å². The maximum absolute atomic E-state index is 12.1. The summed E-state index contributed by atoms with van der Waals surface area (Å²) < 4.78 is 0. The quantitative estimate of drug-likeness (QED) is 0.626. The lowest BCUT2D eigenvalue weighted by Crippen LogP contribution is -2.44. The van der Waals surface area contributed by atoms with E-state index in [-0.39, 0.29) is 17.2 Å². The molecule has 0 bridgehead atoms. The number of hydrogen-bond acceptors (Lipinski definition) is 4. The number of benzene rings is 2. The van der Waals surface area contributed by atoms with Crippen molar-refractivity contribution in [2.75, 3.05) is 0 Å². The highest BCUT2D eigenvalue weighted by Crippen LogP contribution is 2.13. The molecule has 2 amide bonds. The van der Waals surface area contributed by atoms with E-state index in [9.17, 15) is 19.7 Å². The Bertz CT molecular complexity index is 747. The van der Waals surface area contributed by atoms with E-state index in [4.69, 9.17) is 0 Å². The van der Waals surface area contributed by atoms with Crippen LogP contribution in [0.25, 0.3) is 0 Å². The second kappa shape index (κ2) is 7.87. The molecule has 7 nitrogen and oxygen atoms in total. The summed E-state index contributed by atoms with van der Waals surface area (Å²) in [6.45, 7) is 1.91. The van der Waals surface area contributed by atoms with Crippen LogP contribution in [0.1, 0.15) is 22.8 Å². The Morgan fingerprint density at radius 1 is 1.12 bits per heavy atom. The number of nitrogens with zero attached hydrogens (tertiary/aromatic N) is 1. The zero-order valence-electron chi connectivity index (χ0n) is 13.1. The van der Waals surface area contributed by atoms with Gasteiger partial charge >= 0.3 is 0 Å². The Hall–Kier alpha value is -3.22. The highest BCUT2D eigenvalue weighted by molar-refractivity contribution is 5.97. The van der Waals surface area contributed by atoms with Crippen LogP contribution in [0.2, 0.25) is 0 Å². The van der Waals surface area contributed by atoms with Gasteiger partial charge in [0.1, 0.15) is 6.04 Å². The maximum Gasteiger partial charge on any atom is 0.270 e. The van der Waals surface area contributed by atoms with Crippen molar-refractivity contribution in [3.8, 4) is 0 Å². The van der Waals surface area contributed by atoms with E-state index in [1.54, 1.807) is 6.92 Å². The molecule has 0 radical (unpaired) electrons. The number of amides is 2. The van der Waals surface area contributed by atoms with Crippen LogP contribution in [0.4, 0.5) is 5.69 Å². The van der Waals surface area contributed by atoms with Gasteiger partial charge < -0.3 is 10.6 Å². The first-order valence-corrected chi connectivity index (χ1v) is 7.34. The molecule has 0 aromatic heterocycles. The second-order valence-corrected chi connectivity index (χ2v) is 5.21. The fourth-order valence-corrected chi connectivity index (χ4v) is 2.04. The molecule has 2 N–H and O–H groups in total. The number of non-ortho nitro benzene ring substituents is 1. The van der Waals surface area contributed by atoms with Crippen LogP contribution in [0.5, 0.6) is 0 Å². The smallest absolute Gasteiger partial charge is 0.270 e. The summed E-state index contributed by atoms with van der Waals surface area (Å²) in [5.74, 6) is -0.876. The van der Waals surface area contributed by atoms with Crippen LogP contribution in [-0.2, 0) is 11.3 Å². The normalized spacial score (nSPS) is 11.4. The maximum atomic E-state index is 12.1. The fraction of sp³-hybridized carbons (Fsp3) is 0.176. The molecule has 7 heteroatoms. The van der Waals surface area contributed by atoms with Crippen LogP contribution in [0, 0.1) is 10.1 Å². The van der Waals surface area contributed by atoms with Gasteiger partial charge in [-0.3, -0.25) is 19.7 Å². The van der Waals surface area contributed by atoms with Gasteiger partial charge in [-0.05, 0) is 18.6 Å². The highest BCUT2D eigenvalue weighted by atomic mass is 16.6. The second-order valence-electron chi connectivity index (χ2n) is 5.21. The topological polar surface area (TPSA) is 101 Å². The van der Waals surface area contributed by atoms with Crippen molar-refractivity contribution in [3.05, 3.63) is 75.8 Å². The fourth-order valence-electron chi connectivity index (χ4n) is 2.04. The Balaban J connectivity index is 1.92. The lowest BCUT2D eigenvalue weighted by atomic mass is 10.1. The predicted molar refractivity (Wildman–Crippen MR) is 88.3 cm³/mol. The van der Waals surface area contributed by atoms with Gasteiger partial charge in [-0.1, -0.05) is 36.4 Å². The number of carbonyl (C=O) groups excluding carboxylic acids is 2. The molecule has 0 aliphatic heterocycles. The van der Waals surface area contributed by atoms with Crippen LogP contribution in [0.3, 0.4) is 0 Å². The molecule has 2 aromatic rings. The van der Waals surface area contributed by atoms with E-state index in [0.717, 1.165) is 5.56 Å². The molecular weight excluding hydrogens is 310 g/mol.